The lowest BCUT2D eigenvalue weighted by Gasteiger charge is -2.31. The number of nitrogens with zero attached hydrogens (tertiary/aromatic N) is 3. The van der Waals surface area contributed by atoms with Gasteiger partial charge in [0.15, 0.2) is 0 Å². The van der Waals surface area contributed by atoms with Crippen molar-refractivity contribution in [2.45, 2.75) is 52.4 Å². The van der Waals surface area contributed by atoms with Gasteiger partial charge in [-0.25, -0.2) is 0 Å². The molecule has 8 heteroatoms. The van der Waals surface area contributed by atoms with Crippen LogP contribution in [-0.4, -0.2) is 66.1 Å². The number of rotatable bonds is 6. The molecule has 2 amide bonds. The maximum Gasteiger partial charge on any atom is 0.222 e. The summed E-state index contributed by atoms with van der Waals surface area (Å²) in [6.07, 6.45) is 4.97. The van der Waals surface area contributed by atoms with Gasteiger partial charge in [0.25, 0.3) is 0 Å². The molecule has 0 saturated carbocycles. The number of carbonyl (C=O) groups excluding carboxylic acids is 2. The second kappa shape index (κ2) is 13.7. The molecule has 2 fully saturated rings. The van der Waals surface area contributed by atoms with Crippen molar-refractivity contribution in [2.75, 3.05) is 45.1 Å². The van der Waals surface area contributed by atoms with Crippen molar-refractivity contribution in [3.05, 3.63) is 23.8 Å². The first-order valence-corrected chi connectivity index (χ1v) is 12.0. The van der Waals surface area contributed by atoms with Gasteiger partial charge in [-0.15, -0.1) is 0 Å². The molecule has 8 nitrogen and oxygen atoms in total. The number of piperidine rings is 2. The van der Waals surface area contributed by atoms with E-state index in [4.69, 9.17) is 20.8 Å². The first kappa shape index (κ1) is 26.5. The molecular weight excluding hydrogens is 420 g/mol. The molecule has 0 radical (unpaired) electrons. The minimum atomic E-state index is 0.219. The highest BCUT2D eigenvalue weighted by molar-refractivity contribution is 5.76. The van der Waals surface area contributed by atoms with Gasteiger partial charge in [-0.2, -0.15) is 5.26 Å². The number of nitrogens with two attached hydrogens (primary N) is 1. The number of aliphatic hydroxyl groups is 1. The number of carbonyl (C=O) groups is 2. The number of likely N-dealkylation sites (tertiary alicyclic amines) is 2. The number of amides is 2. The normalized spacial score (nSPS) is 17.0. The fraction of sp³-hybridized carbons (Fsp3) is 0.640. The van der Waals surface area contributed by atoms with Gasteiger partial charge >= 0.3 is 0 Å². The topological polar surface area (TPSA) is 120 Å². The van der Waals surface area contributed by atoms with E-state index < -0.39 is 0 Å². The lowest BCUT2D eigenvalue weighted by Crippen LogP contribution is -2.39. The summed E-state index contributed by atoms with van der Waals surface area (Å²) >= 11 is 0. The predicted molar refractivity (Wildman–Crippen MR) is 127 cm³/mol. The fourth-order valence-electron chi connectivity index (χ4n) is 4.16. The quantitative estimate of drug-likeness (QED) is 0.633. The predicted octanol–water partition coefficient (Wildman–Crippen LogP) is 2.80. The highest BCUT2D eigenvalue weighted by Crippen LogP contribution is 2.25. The summed E-state index contributed by atoms with van der Waals surface area (Å²) in [5.74, 6) is 1.85. The molecular formula is C25H38N4O4. The lowest BCUT2D eigenvalue weighted by molar-refractivity contribution is -0.133. The van der Waals surface area contributed by atoms with Crippen LogP contribution >= 0.6 is 0 Å². The molecule has 0 aliphatic carbocycles. The largest absolute Gasteiger partial charge is 0.492 e. The van der Waals surface area contributed by atoms with E-state index in [9.17, 15) is 9.59 Å². The second-order valence-corrected chi connectivity index (χ2v) is 8.68. The maximum atomic E-state index is 11.6. The van der Waals surface area contributed by atoms with Crippen molar-refractivity contribution in [1.29, 1.82) is 5.26 Å². The standard InChI is InChI=1S/C16H21N3O2.C9H17NO2/c1-2-16(20)19-8-6-12(7-9-19)11-21-15-5-3-4-14(18)13(15)10-17;1-2-9(12)10-5-3-8(7-11)4-6-10/h3-5,12H,2,6-9,11,18H2,1H3;8,11H,2-7H2,1H3. The van der Waals surface area contributed by atoms with Gasteiger partial charge in [0, 0.05) is 45.6 Å². The fourth-order valence-corrected chi connectivity index (χ4v) is 4.16. The second-order valence-electron chi connectivity index (χ2n) is 8.68. The average molecular weight is 459 g/mol. The third-order valence-electron chi connectivity index (χ3n) is 6.44. The van der Waals surface area contributed by atoms with Crippen molar-refractivity contribution in [2.24, 2.45) is 11.8 Å². The Hall–Kier alpha value is -2.79. The molecule has 0 aromatic heterocycles. The van der Waals surface area contributed by atoms with Crippen molar-refractivity contribution >= 4 is 17.5 Å². The Kier molecular flexibility index (Phi) is 11.0. The molecule has 2 heterocycles. The van der Waals surface area contributed by atoms with Crippen LogP contribution in [0.5, 0.6) is 5.75 Å². The SMILES string of the molecule is CCC(=O)N1CCC(CO)CC1.CCC(=O)N1CCC(COc2cccc(N)c2C#N)CC1. The van der Waals surface area contributed by atoms with Crippen molar-refractivity contribution in [3.63, 3.8) is 0 Å². The number of hydrogen-bond acceptors (Lipinski definition) is 6. The van der Waals surface area contributed by atoms with Crippen LogP contribution in [0.1, 0.15) is 57.9 Å². The zero-order chi connectivity index (χ0) is 24.2. The number of nitrogen functional groups attached to an aromatic ring is 1. The number of benzene rings is 1. The Morgan fingerprint density at radius 1 is 1.03 bits per heavy atom. The maximum absolute atomic E-state index is 11.6. The zero-order valence-corrected chi connectivity index (χ0v) is 20.0. The molecule has 2 saturated heterocycles. The third kappa shape index (κ3) is 7.93. The Bertz CT molecular complexity index is 807. The monoisotopic (exact) mass is 458 g/mol. The molecule has 2 aliphatic rings. The van der Waals surface area contributed by atoms with Crippen LogP contribution in [0.15, 0.2) is 18.2 Å². The number of aliphatic hydroxyl groups excluding tert-OH is 1. The van der Waals surface area contributed by atoms with E-state index in [-0.39, 0.29) is 18.4 Å². The van der Waals surface area contributed by atoms with E-state index in [1.54, 1.807) is 18.2 Å². The van der Waals surface area contributed by atoms with Crippen LogP contribution in [0.2, 0.25) is 0 Å². The van der Waals surface area contributed by atoms with Crippen LogP contribution in [0.3, 0.4) is 0 Å². The summed E-state index contributed by atoms with van der Waals surface area (Å²) in [4.78, 5) is 26.7. The number of ether oxygens (including phenoxy) is 1. The van der Waals surface area contributed by atoms with Crippen LogP contribution in [-0.2, 0) is 9.59 Å². The summed E-state index contributed by atoms with van der Waals surface area (Å²) < 4.78 is 5.76. The van der Waals surface area contributed by atoms with Gasteiger partial charge in [0.05, 0.1) is 12.3 Å². The van der Waals surface area contributed by atoms with Crippen LogP contribution in [0, 0.1) is 23.2 Å². The van der Waals surface area contributed by atoms with Gasteiger partial charge < -0.3 is 25.4 Å². The van der Waals surface area contributed by atoms with Gasteiger partial charge in [0.2, 0.25) is 11.8 Å². The number of nitriles is 1. The van der Waals surface area contributed by atoms with Crippen molar-refractivity contribution in [1.82, 2.24) is 9.80 Å². The van der Waals surface area contributed by atoms with E-state index in [2.05, 4.69) is 6.07 Å². The molecule has 0 bridgehead atoms. The Labute approximate surface area is 197 Å². The summed E-state index contributed by atoms with van der Waals surface area (Å²) in [5.41, 5.74) is 6.60. The Morgan fingerprint density at radius 3 is 2.00 bits per heavy atom. The summed E-state index contributed by atoms with van der Waals surface area (Å²) in [6, 6.07) is 7.33. The highest BCUT2D eigenvalue weighted by Gasteiger charge is 2.23. The van der Waals surface area contributed by atoms with E-state index in [1.807, 2.05) is 23.6 Å². The van der Waals surface area contributed by atoms with E-state index in [0.29, 0.717) is 48.3 Å². The molecule has 3 N–H and O–H groups in total. The molecule has 1 aromatic carbocycles. The Morgan fingerprint density at radius 2 is 1.55 bits per heavy atom. The van der Waals surface area contributed by atoms with E-state index in [0.717, 1.165) is 51.9 Å². The van der Waals surface area contributed by atoms with Gasteiger partial charge in [-0.05, 0) is 49.7 Å². The van der Waals surface area contributed by atoms with Crippen LogP contribution in [0.4, 0.5) is 5.69 Å². The van der Waals surface area contributed by atoms with Crippen molar-refractivity contribution < 1.29 is 19.4 Å². The number of hydrogen-bond donors (Lipinski definition) is 2. The van der Waals surface area contributed by atoms with Crippen LogP contribution < -0.4 is 10.5 Å². The molecule has 2 aliphatic heterocycles. The smallest absolute Gasteiger partial charge is 0.222 e. The lowest BCUT2D eigenvalue weighted by atomic mass is 9.97. The first-order valence-electron chi connectivity index (χ1n) is 12.0. The van der Waals surface area contributed by atoms with Crippen LogP contribution in [0.25, 0.3) is 0 Å². The first-order chi connectivity index (χ1) is 15.9. The molecule has 33 heavy (non-hydrogen) atoms. The minimum absolute atomic E-state index is 0.219. The summed E-state index contributed by atoms with van der Waals surface area (Å²) in [6.45, 7) is 7.86. The number of anilines is 1. The van der Waals surface area contributed by atoms with Gasteiger partial charge in [-0.1, -0.05) is 19.9 Å². The molecule has 182 valence electrons. The zero-order valence-electron chi connectivity index (χ0n) is 20.0. The highest BCUT2D eigenvalue weighted by atomic mass is 16.5. The van der Waals surface area contributed by atoms with E-state index >= 15 is 0 Å². The summed E-state index contributed by atoms with van der Waals surface area (Å²) in [5, 5.41) is 18.0. The molecule has 1 aromatic rings. The van der Waals surface area contributed by atoms with Gasteiger partial charge in [-0.3, -0.25) is 9.59 Å². The average Bonchev–Trinajstić information content (AvgIpc) is 2.87. The molecule has 3 rings (SSSR count). The molecule has 0 spiro atoms. The van der Waals surface area contributed by atoms with Gasteiger partial charge in [0.1, 0.15) is 17.4 Å². The third-order valence-corrected chi connectivity index (χ3v) is 6.44. The van der Waals surface area contributed by atoms with Crippen molar-refractivity contribution in [3.8, 4) is 11.8 Å². The molecule has 0 atom stereocenters. The Balaban J connectivity index is 0.000000273. The summed E-state index contributed by atoms with van der Waals surface area (Å²) in [7, 11) is 0. The van der Waals surface area contributed by atoms with E-state index in [1.165, 1.54) is 0 Å². The minimum Gasteiger partial charge on any atom is -0.492 e. The molecule has 0 unspecified atom stereocenters.